The number of benzene rings is 2. The molecular weight excluding hydrogens is 438 g/mol. The zero-order valence-electron chi connectivity index (χ0n) is 18.1. The van der Waals surface area contributed by atoms with Crippen molar-refractivity contribution in [3.8, 4) is 17.2 Å². The number of carbonyl (C=O) groups is 1. The normalized spacial score (nSPS) is 24.5. The van der Waals surface area contributed by atoms with Gasteiger partial charge in [-0.1, -0.05) is 6.07 Å². The molecular formula is C25H19N3O6. The number of pyridine rings is 2. The van der Waals surface area contributed by atoms with Crippen LogP contribution in [0.15, 0.2) is 48.8 Å². The monoisotopic (exact) mass is 457 g/mol. The minimum Gasteiger partial charge on any atom is -0.493 e. The lowest BCUT2D eigenvalue weighted by atomic mass is 9.71. The Morgan fingerprint density at radius 1 is 1.09 bits per heavy atom. The molecule has 0 unspecified atom stereocenters. The summed E-state index contributed by atoms with van der Waals surface area (Å²) in [5.41, 5.74) is 2.09. The molecule has 2 aromatic heterocycles. The minimum atomic E-state index is -1.60. The van der Waals surface area contributed by atoms with Crippen molar-refractivity contribution < 1.29 is 28.8 Å². The highest BCUT2D eigenvalue weighted by molar-refractivity contribution is 6.13. The summed E-state index contributed by atoms with van der Waals surface area (Å²) in [7, 11) is 1.55. The van der Waals surface area contributed by atoms with Gasteiger partial charge in [0.15, 0.2) is 17.2 Å². The van der Waals surface area contributed by atoms with Crippen molar-refractivity contribution in [2.45, 2.75) is 11.6 Å². The predicted octanol–water partition coefficient (Wildman–Crippen LogP) is 2.94. The molecule has 2 aromatic carbocycles. The highest BCUT2D eigenvalue weighted by Gasteiger charge is 2.58. The van der Waals surface area contributed by atoms with Gasteiger partial charge in [0.2, 0.25) is 12.5 Å². The van der Waals surface area contributed by atoms with Crippen LogP contribution < -0.4 is 19.5 Å². The number of nitrogens with zero attached hydrogens (tertiary/aromatic N) is 2. The first-order valence-electron chi connectivity index (χ1n) is 10.9. The van der Waals surface area contributed by atoms with Gasteiger partial charge in [-0.3, -0.25) is 14.8 Å². The van der Waals surface area contributed by atoms with Crippen molar-refractivity contribution in [3.05, 3.63) is 59.9 Å². The molecule has 1 fully saturated rings. The Bertz CT molecular complexity index is 1520. The molecule has 0 saturated carbocycles. The SMILES string of the molecule is COc1cc([C@@H]2c3c(c4cccnc4c4ncccc34)N[C@@]3(O)COC(=O)[C@H]23)cc2c1OCO2. The largest absolute Gasteiger partial charge is 0.493 e. The number of fused-ring (bicyclic) bond motifs is 8. The molecule has 0 aliphatic carbocycles. The number of hydrogen-bond donors (Lipinski definition) is 2. The summed E-state index contributed by atoms with van der Waals surface area (Å²) in [5.74, 6) is -0.429. The Hall–Kier alpha value is -4.11. The van der Waals surface area contributed by atoms with Gasteiger partial charge in [-0.05, 0) is 41.5 Å². The first-order chi connectivity index (χ1) is 16.6. The number of methoxy groups -OCH3 is 1. The first-order valence-corrected chi connectivity index (χ1v) is 10.9. The van der Waals surface area contributed by atoms with Crippen LogP contribution in [0.2, 0.25) is 0 Å². The van der Waals surface area contributed by atoms with E-state index in [1.165, 1.54) is 0 Å². The Labute approximate surface area is 193 Å². The molecule has 9 nitrogen and oxygen atoms in total. The van der Waals surface area contributed by atoms with Gasteiger partial charge >= 0.3 is 5.97 Å². The van der Waals surface area contributed by atoms with Crippen molar-refractivity contribution in [1.82, 2.24) is 9.97 Å². The Morgan fingerprint density at radius 3 is 2.65 bits per heavy atom. The quantitative estimate of drug-likeness (QED) is 0.347. The van der Waals surface area contributed by atoms with Gasteiger partial charge in [-0.25, -0.2) is 0 Å². The second-order valence-electron chi connectivity index (χ2n) is 8.66. The van der Waals surface area contributed by atoms with Gasteiger partial charge < -0.3 is 29.4 Å². The van der Waals surface area contributed by atoms with Crippen LogP contribution in [0, 0.1) is 5.92 Å². The molecule has 0 bridgehead atoms. The zero-order chi connectivity index (χ0) is 23.0. The van der Waals surface area contributed by atoms with Gasteiger partial charge in [0.25, 0.3) is 0 Å². The molecule has 0 spiro atoms. The van der Waals surface area contributed by atoms with Gasteiger partial charge in [0.1, 0.15) is 12.5 Å². The fourth-order valence-electron chi connectivity index (χ4n) is 5.50. The van der Waals surface area contributed by atoms with Crippen molar-refractivity contribution in [1.29, 1.82) is 0 Å². The number of cyclic esters (lactones) is 1. The molecule has 3 atom stereocenters. The number of anilines is 1. The summed E-state index contributed by atoms with van der Waals surface area (Å²) >= 11 is 0. The van der Waals surface area contributed by atoms with Crippen LogP contribution in [-0.4, -0.2) is 47.3 Å². The fraction of sp³-hybridized carbons (Fsp3) is 0.240. The molecule has 3 aliphatic rings. The zero-order valence-corrected chi connectivity index (χ0v) is 18.1. The molecule has 7 rings (SSSR count). The van der Waals surface area contributed by atoms with Crippen molar-refractivity contribution >= 4 is 33.5 Å². The standard InChI is InChI=1S/C25H19N3O6/c1-31-15-8-12(9-16-23(15)34-11-33-16)17-18-13-4-2-6-26-21(13)22-14(5-3-7-27-22)20(18)28-25(30)10-32-24(29)19(17)25/h2-9,17,19,28,30H,10-11H2,1H3/t17-,19+,25-/m1/s1. The molecule has 5 heterocycles. The lowest BCUT2D eigenvalue weighted by molar-refractivity contribution is -0.141. The van der Waals surface area contributed by atoms with Crippen molar-refractivity contribution in [3.63, 3.8) is 0 Å². The third-order valence-corrected chi connectivity index (χ3v) is 6.90. The summed E-state index contributed by atoms with van der Waals surface area (Å²) in [6, 6.07) is 11.2. The summed E-state index contributed by atoms with van der Waals surface area (Å²) in [6.45, 7) is -0.0858. The lowest BCUT2D eigenvalue weighted by Crippen LogP contribution is -2.51. The predicted molar refractivity (Wildman–Crippen MR) is 121 cm³/mol. The number of aromatic nitrogens is 2. The van der Waals surface area contributed by atoms with Gasteiger partial charge in [0, 0.05) is 29.1 Å². The maximum absolute atomic E-state index is 13.1. The van der Waals surface area contributed by atoms with Gasteiger partial charge in [-0.2, -0.15) is 0 Å². The average Bonchev–Trinajstić information content (AvgIpc) is 3.46. The maximum atomic E-state index is 13.1. The number of esters is 1. The van der Waals surface area contributed by atoms with Crippen LogP contribution in [0.25, 0.3) is 21.8 Å². The lowest BCUT2D eigenvalue weighted by Gasteiger charge is -2.41. The Balaban J connectivity index is 1.61. The van der Waals surface area contributed by atoms with E-state index in [0.29, 0.717) is 34.0 Å². The number of rotatable bonds is 2. The molecule has 2 N–H and O–H groups in total. The molecule has 0 amide bonds. The highest BCUT2D eigenvalue weighted by atomic mass is 16.7. The van der Waals surface area contributed by atoms with E-state index < -0.39 is 23.5 Å². The highest BCUT2D eigenvalue weighted by Crippen LogP contribution is 2.55. The van der Waals surface area contributed by atoms with Crippen LogP contribution >= 0.6 is 0 Å². The number of hydrogen-bond acceptors (Lipinski definition) is 9. The Kier molecular flexibility index (Phi) is 3.82. The summed E-state index contributed by atoms with van der Waals surface area (Å²) < 4.78 is 22.2. The van der Waals surface area contributed by atoms with Gasteiger partial charge in [-0.15, -0.1) is 0 Å². The van der Waals surface area contributed by atoms with E-state index in [2.05, 4.69) is 15.3 Å². The van der Waals surface area contributed by atoms with Crippen LogP contribution in [0.4, 0.5) is 5.69 Å². The van der Waals surface area contributed by atoms with E-state index in [4.69, 9.17) is 18.9 Å². The minimum absolute atomic E-state index is 0.0799. The smallest absolute Gasteiger partial charge is 0.315 e. The molecule has 3 aliphatic heterocycles. The third-order valence-electron chi connectivity index (χ3n) is 6.90. The van der Waals surface area contributed by atoms with E-state index in [0.717, 1.165) is 21.9 Å². The number of carbonyl (C=O) groups excluding carboxylic acids is 1. The van der Waals surface area contributed by atoms with Crippen LogP contribution in [0.5, 0.6) is 17.2 Å². The van der Waals surface area contributed by atoms with Gasteiger partial charge in [0.05, 0.1) is 23.8 Å². The molecule has 9 heteroatoms. The number of nitrogens with one attached hydrogen (secondary N) is 1. The maximum Gasteiger partial charge on any atom is 0.315 e. The first kappa shape index (κ1) is 19.4. The van der Waals surface area contributed by atoms with Crippen LogP contribution in [0.1, 0.15) is 17.0 Å². The van der Waals surface area contributed by atoms with E-state index in [-0.39, 0.29) is 13.4 Å². The van der Waals surface area contributed by atoms with Crippen molar-refractivity contribution in [2.75, 3.05) is 25.8 Å². The van der Waals surface area contributed by atoms with E-state index in [1.54, 1.807) is 19.5 Å². The average molecular weight is 457 g/mol. The Morgan fingerprint density at radius 2 is 1.85 bits per heavy atom. The van der Waals surface area contributed by atoms with Crippen molar-refractivity contribution in [2.24, 2.45) is 5.92 Å². The van der Waals surface area contributed by atoms with E-state index in [1.807, 2.05) is 36.4 Å². The summed E-state index contributed by atoms with van der Waals surface area (Å²) in [6.07, 6.45) is 3.43. The molecule has 0 radical (unpaired) electrons. The second kappa shape index (κ2) is 6.71. The topological polar surface area (TPSA) is 112 Å². The van der Waals surface area contributed by atoms with E-state index in [9.17, 15) is 9.90 Å². The second-order valence-corrected chi connectivity index (χ2v) is 8.66. The van der Waals surface area contributed by atoms with Crippen LogP contribution in [0.3, 0.4) is 0 Å². The molecule has 1 saturated heterocycles. The molecule has 4 aromatic rings. The fourth-order valence-corrected chi connectivity index (χ4v) is 5.50. The van der Waals surface area contributed by atoms with Crippen LogP contribution in [-0.2, 0) is 9.53 Å². The number of aliphatic hydroxyl groups is 1. The third kappa shape index (κ3) is 2.44. The van der Waals surface area contributed by atoms with E-state index >= 15 is 0 Å². The number of ether oxygens (including phenoxy) is 4. The summed E-state index contributed by atoms with van der Waals surface area (Å²) in [5, 5.41) is 16.5. The molecule has 34 heavy (non-hydrogen) atoms. The molecule has 170 valence electrons. The summed E-state index contributed by atoms with van der Waals surface area (Å²) in [4.78, 5) is 22.3.